The van der Waals surface area contributed by atoms with Crippen LogP contribution in [-0.2, 0) is 10.3 Å². The maximum atomic E-state index is 6.13. The summed E-state index contributed by atoms with van der Waals surface area (Å²) in [6, 6.07) is 8.12. The van der Waals surface area contributed by atoms with Crippen molar-refractivity contribution < 1.29 is 9.47 Å². The van der Waals surface area contributed by atoms with Crippen molar-refractivity contribution in [2.75, 3.05) is 6.61 Å². The van der Waals surface area contributed by atoms with Crippen molar-refractivity contribution in [2.24, 2.45) is 0 Å². The number of fused-ring (bicyclic) bond motifs is 3. The Labute approximate surface area is 99.9 Å². The molecule has 1 spiro atoms. The number of ether oxygens (including phenoxy) is 2. The van der Waals surface area contributed by atoms with Crippen molar-refractivity contribution in [3.63, 3.8) is 0 Å². The maximum Gasteiger partial charge on any atom is 0.190 e. The van der Waals surface area contributed by atoms with Crippen LogP contribution in [0.15, 0.2) is 59.9 Å². The second kappa shape index (κ2) is 3.04. The number of para-hydroxylation sites is 1. The van der Waals surface area contributed by atoms with E-state index in [9.17, 15) is 0 Å². The van der Waals surface area contributed by atoms with E-state index in [1.165, 1.54) is 5.57 Å². The lowest BCUT2D eigenvalue weighted by molar-refractivity contribution is 0.0434. The first kappa shape index (κ1) is 9.11. The van der Waals surface area contributed by atoms with Gasteiger partial charge in [0.25, 0.3) is 0 Å². The molecule has 1 aliphatic carbocycles. The Kier molecular flexibility index (Phi) is 1.63. The van der Waals surface area contributed by atoms with Crippen LogP contribution in [0.1, 0.15) is 12.0 Å². The van der Waals surface area contributed by atoms with Gasteiger partial charge in [-0.2, -0.15) is 0 Å². The van der Waals surface area contributed by atoms with Gasteiger partial charge in [0, 0.05) is 5.56 Å². The number of hydrogen-bond donors (Lipinski definition) is 0. The van der Waals surface area contributed by atoms with E-state index in [-0.39, 0.29) is 5.60 Å². The van der Waals surface area contributed by atoms with Crippen LogP contribution >= 0.6 is 0 Å². The van der Waals surface area contributed by atoms with E-state index in [0.29, 0.717) is 6.61 Å². The van der Waals surface area contributed by atoms with Crippen LogP contribution in [0.3, 0.4) is 0 Å². The minimum atomic E-state index is -0.385. The molecule has 1 aromatic carbocycles. The Hall–Kier alpha value is -1.96. The van der Waals surface area contributed by atoms with Gasteiger partial charge in [0.05, 0.1) is 0 Å². The van der Waals surface area contributed by atoms with Gasteiger partial charge < -0.3 is 9.47 Å². The van der Waals surface area contributed by atoms with Crippen LogP contribution in [0, 0.1) is 0 Å². The fourth-order valence-corrected chi connectivity index (χ4v) is 2.70. The topological polar surface area (TPSA) is 18.5 Å². The van der Waals surface area contributed by atoms with Gasteiger partial charge in [-0.1, -0.05) is 30.4 Å². The van der Waals surface area contributed by atoms with E-state index in [1.807, 2.05) is 30.4 Å². The summed E-state index contributed by atoms with van der Waals surface area (Å²) in [5.41, 5.74) is 2.03. The van der Waals surface area contributed by atoms with E-state index in [2.05, 4.69) is 18.2 Å². The first-order valence-electron chi connectivity index (χ1n) is 5.88. The van der Waals surface area contributed by atoms with Crippen molar-refractivity contribution in [3.05, 3.63) is 65.5 Å². The summed E-state index contributed by atoms with van der Waals surface area (Å²) in [6.45, 7) is 0.577. The summed E-state index contributed by atoms with van der Waals surface area (Å²) in [5, 5.41) is 0. The van der Waals surface area contributed by atoms with Gasteiger partial charge in [0.15, 0.2) is 5.60 Å². The number of rotatable bonds is 0. The average Bonchev–Trinajstić information content (AvgIpc) is 2.92. The molecule has 0 bridgehead atoms. The summed E-state index contributed by atoms with van der Waals surface area (Å²) in [6.07, 6.45) is 9.40. The second-order valence-corrected chi connectivity index (χ2v) is 4.61. The van der Waals surface area contributed by atoms with E-state index in [1.54, 1.807) is 0 Å². The van der Waals surface area contributed by atoms with Crippen LogP contribution in [0.4, 0.5) is 0 Å². The normalized spacial score (nSPS) is 28.0. The van der Waals surface area contributed by atoms with Crippen molar-refractivity contribution >= 4 is 0 Å². The van der Waals surface area contributed by atoms with E-state index >= 15 is 0 Å². The molecule has 0 saturated heterocycles. The molecule has 2 nitrogen and oxygen atoms in total. The van der Waals surface area contributed by atoms with Gasteiger partial charge in [0.1, 0.15) is 18.1 Å². The molecule has 1 atom stereocenters. The minimum absolute atomic E-state index is 0.385. The van der Waals surface area contributed by atoms with Crippen LogP contribution in [0.5, 0.6) is 5.75 Å². The zero-order chi connectivity index (χ0) is 11.3. The molecule has 0 fully saturated rings. The van der Waals surface area contributed by atoms with Gasteiger partial charge in [0.2, 0.25) is 0 Å². The summed E-state index contributed by atoms with van der Waals surface area (Å²) in [5.74, 6) is 1.93. The third-order valence-corrected chi connectivity index (χ3v) is 3.52. The lowest BCUT2D eigenvalue weighted by atomic mass is 9.94. The number of allylic oxidation sites excluding steroid dienone is 4. The van der Waals surface area contributed by atoms with Gasteiger partial charge in [-0.15, -0.1) is 0 Å². The summed E-state index contributed by atoms with van der Waals surface area (Å²) >= 11 is 0. The van der Waals surface area contributed by atoms with Crippen molar-refractivity contribution in [3.8, 4) is 5.75 Å². The van der Waals surface area contributed by atoms with Crippen molar-refractivity contribution in [1.29, 1.82) is 0 Å². The SMILES string of the molecule is C1=CCC2=CC3(COc4ccccc43)OC2=C1. The van der Waals surface area contributed by atoms with Crippen LogP contribution in [-0.4, -0.2) is 6.61 Å². The second-order valence-electron chi connectivity index (χ2n) is 4.61. The Morgan fingerprint density at radius 3 is 3.06 bits per heavy atom. The Morgan fingerprint density at radius 1 is 1.18 bits per heavy atom. The van der Waals surface area contributed by atoms with E-state index < -0.39 is 0 Å². The highest BCUT2D eigenvalue weighted by Crippen LogP contribution is 2.48. The molecule has 0 saturated carbocycles. The Morgan fingerprint density at radius 2 is 2.12 bits per heavy atom. The predicted octanol–water partition coefficient (Wildman–Crippen LogP) is 3.07. The molecule has 84 valence electrons. The lowest BCUT2D eigenvalue weighted by Crippen LogP contribution is -2.25. The fourth-order valence-electron chi connectivity index (χ4n) is 2.70. The Balaban J connectivity index is 1.85. The molecule has 2 heterocycles. The lowest BCUT2D eigenvalue weighted by Gasteiger charge is -2.21. The minimum Gasteiger partial charge on any atom is -0.488 e. The molecule has 1 unspecified atom stereocenters. The highest BCUT2D eigenvalue weighted by atomic mass is 16.6. The molecule has 1 aromatic rings. The third-order valence-electron chi connectivity index (χ3n) is 3.52. The molecule has 0 radical (unpaired) electrons. The predicted molar refractivity (Wildman–Crippen MR) is 64.6 cm³/mol. The zero-order valence-corrected chi connectivity index (χ0v) is 9.35. The maximum absolute atomic E-state index is 6.13. The third kappa shape index (κ3) is 1.15. The smallest absolute Gasteiger partial charge is 0.190 e. The van der Waals surface area contributed by atoms with Crippen LogP contribution < -0.4 is 4.74 Å². The quantitative estimate of drug-likeness (QED) is 0.674. The zero-order valence-electron chi connectivity index (χ0n) is 9.35. The Bertz CT molecular complexity index is 580. The molecule has 2 aliphatic heterocycles. The molecule has 2 heteroatoms. The van der Waals surface area contributed by atoms with E-state index in [4.69, 9.17) is 9.47 Å². The van der Waals surface area contributed by atoms with E-state index in [0.717, 1.165) is 23.5 Å². The molecule has 17 heavy (non-hydrogen) atoms. The standard InChI is InChI=1S/C15H12O2/c1-3-7-13-11(5-1)9-15(17-13)10-16-14-8-4-2-6-12(14)15/h1-4,6-9H,5,10H2. The molecule has 0 aromatic heterocycles. The van der Waals surface area contributed by atoms with Crippen molar-refractivity contribution in [1.82, 2.24) is 0 Å². The summed E-state index contributed by atoms with van der Waals surface area (Å²) in [4.78, 5) is 0. The molecule has 4 rings (SSSR count). The monoisotopic (exact) mass is 224 g/mol. The molecule has 0 amide bonds. The van der Waals surface area contributed by atoms with Crippen LogP contribution in [0.2, 0.25) is 0 Å². The molecule has 3 aliphatic rings. The highest BCUT2D eigenvalue weighted by molar-refractivity contribution is 5.51. The average molecular weight is 224 g/mol. The number of benzene rings is 1. The van der Waals surface area contributed by atoms with Gasteiger partial charge in [-0.05, 0) is 30.2 Å². The van der Waals surface area contributed by atoms with Gasteiger partial charge in [-0.25, -0.2) is 0 Å². The first-order valence-corrected chi connectivity index (χ1v) is 5.88. The highest BCUT2D eigenvalue weighted by Gasteiger charge is 2.46. The molecular formula is C15H12O2. The summed E-state index contributed by atoms with van der Waals surface area (Å²) in [7, 11) is 0. The summed E-state index contributed by atoms with van der Waals surface area (Å²) < 4.78 is 11.9. The fraction of sp³-hybridized carbons (Fsp3) is 0.200. The molecular weight excluding hydrogens is 212 g/mol. The van der Waals surface area contributed by atoms with Crippen molar-refractivity contribution in [2.45, 2.75) is 12.0 Å². The molecule has 0 N–H and O–H groups in total. The van der Waals surface area contributed by atoms with Gasteiger partial charge in [-0.3, -0.25) is 0 Å². The first-order chi connectivity index (χ1) is 8.37. The van der Waals surface area contributed by atoms with Gasteiger partial charge >= 0.3 is 0 Å². The largest absolute Gasteiger partial charge is 0.488 e. The van der Waals surface area contributed by atoms with Crippen LogP contribution in [0.25, 0.3) is 0 Å². The number of hydrogen-bond acceptors (Lipinski definition) is 2.